The van der Waals surface area contributed by atoms with Crippen LogP contribution in [0.5, 0.6) is 11.5 Å². The first-order valence-corrected chi connectivity index (χ1v) is 8.99. The van der Waals surface area contributed by atoms with Gasteiger partial charge in [-0.1, -0.05) is 36.4 Å². The zero-order chi connectivity index (χ0) is 17.7. The normalized spacial score (nSPS) is 10.6. The molecule has 2 aromatic rings. The summed E-state index contributed by atoms with van der Waals surface area (Å²) in [4.78, 5) is 0. The molecule has 0 amide bonds. The molecule has 136 valence electrons. The standard InChI is InChI=1S/C21H30N2O2/c1-24-20-12-11-19(16-21(20)25-2)17-23-15-14-22-13-7-6-10-18-8-4-3-5-9-18/h3-5,8-9,11-12,16,22-23H,6-7,10,13-15,17H2,1-2H3. The van der Waals surface area contributed by atoms with Gasteiger partial charge in [0.25, 0.3) is 0 Å². The Bertz CT molecular complexity index is 602. The van der Waals surface area contributed by atoms with E-state index in [4.69, 9.17) is 9.47 Å². The zero-order valence-electron chi connectivity index (χ0n) is 15.4. The second kappa shape index (κ2) is 11.5. The first kappa shape index (κ1) is 19.3. The van der Waals surface area contributed by atoms with Gasteiger partial charge in [-0.2, -0.15) is 0 Å². The minimum Gasteiger partial charge on any atom is -0.493 e. The van der Waals surface area contributed by atoms with Crippen molar-refractivity contribution in [3.63, 3.8) is 0 Å². The fraction of sp³-hybridized carbons (Fsp3) is 0.429. The number of hydrogen-bond acceptors (Lipinski definition) is 4. The van der Waals surface area contributed by atoms with E-state index < -0.39 is 0 Å². The fourth-order valence-electron chi connectivity index (χ4n) is 2.75. The van der Waals surface area contributed by atoms with Crippen LogP contribution in [0.1, 0.15) is 24.0 Å². The van der Waals surface area contributed by atoms with Crippen molar-refractivity contribution in [3.05, 3.63) is 59.7 Å². The van der Waals surface area contributed by atoms with Crippen molar-refractivity contribution < 1.29 is 9.47 Å². The second-order valence-corrected chi connectivity index (χ2v) is 6.06. The van der Waals surface area contributed by atoms with Gasteiger partial charge in [0, 0.05) is 19.6 Å². The van der Waals surface area contributed by atoms with Crippen LogP contribution in [0.25, 0.3) is 0 Å². The summed E-state index contributed by atoms with van der Waals surface area (Å²) < 4.78 is 10.6. The molecule has 0 saturated heterocycles. The lowest BCUT2D eigenvalue weighted by Crippen LogP contribution is -2.27. The van der Waals surface area contributed by atoms with Crippen molar-refractivity contribution in [2.75, 3.05) is 33.9 Å². The monoisotopic (exact) mass is 342 g/mol. The number of ether oxygens (including phenoxy) is 2. The Morgan fingerprint density at radius 2 is 1.48 bits per heavy atom. The fourth-order valence-corrected chi connectivity index (χ4v) is 2.75. The van der Waals surface area contributed by atoms with E-state index in [-0.39, 0.29) is 0 Å². The summed E-state index contributed by atoms with van der Waals surface area (Å²) in [5.41, 5.74) is 2.62. The summed E-state index contributed by atoms with van der Waals surface area (Å²) in [6.07, 6.45) is 3.61. The van der Waals surface area contributed by atoms with E-state index >= 15 is 0 Å². The van der Waals surface area contributed by atoms with Crippen molar-refractivity contribution >= 4 is 0 Å². The molecule has 0 radical (unpaired) electrons. The summed E-state index contributed by atoms with van der Waals surface area (Å²) in [5, 5.41) is 6.94. The average Bonchev–Trinajstić information content (AvgIpc) is 2.67. The summed E-state index contributed by atoms with van der Waals surface area (Å²) in [6.45, 7) is 3.84. The maximum atomic E-state index is 5.33. The van der Waals surface area contributed by atoms with Crippen molar-refractivity contribution in [2.45, 2.75) is 25.8 Å². The highest BCUT2D eigenvalue weighted by molar-refractivity contribution is 5.42. The number of methoxy groups -OCH3 is 2. The molecule has 0 aliphatic heterocycles. The first-order valence-electron chi connectivity index (χ1n) is 8.99. The van der Waals surface area contributed by atoms with Gasteiger partial charge in [-0.15, -0.1) is 0 Å². The van der Waals surface area contributed by atoms with Gasteiger partial charge in [0.15, 0.2) is 11.5 Å². The van der Waals surface area contributed by atoms with Crippen LogP contribution in [-0.4, -0.2) is 33.9 Å². The van der Waals surface area contributed by atoms with Gasteiger partial charge >= 0.3 is 0 Å². The average molecular weight is 342 g/mol. The summed E-state index contributed by atoms with van der Waals surface area (Å²) >= 11 is 0. The third-order valence-electron chi connectivity index (χ3n) is 4.17. The van der Waals surface area contributed by atoms with E-state index in [1.807, 2.05) is 12.1 Å². The van der Waals surface area contributed by atoms with Gasteiger partial charge in [-0.3, -0.25) is 0 Å². The quantitative estimate of drug-likeness (QED) is 0.580. The third kappa shape index (κ3) is 7.16. The van der Waals surface area contributed by atoms with E-state index in [0.717, 1.165) is 37.7 Å². The van der Waals surface area contributed by atoms with Crippen molar-refractivity contribution in [2.24, 2.45) is 0 Å². The molecule has 2 aromatic carbocycles. The Balaban J connectivity index is 1.51. The minimum atomic E-state index is 0.767. The highest BCUT2D eigenvalue weighted by Crippen LogP contribution is 2.27. The Hall–Kier alpha value is -2.04. The molecule has 0 aromatic heterocycles. The van der Waals surface area contributed by atoms with Crippen LogP contribution < -0.4 is 20.1 Å². The molecule has 0 bridgehead atoms. The van der Waals surface area contributed by atoms with Crippen LogP contribution in [0, 0.1) is 0 Å². The van der Waals surface area contributed by atoms with Crippen molar-refractivity contribution in [3.8, 4) is 11.5 Å². The summed E-state index contributed by atoms with van der Waals surface area (Å²) in [6, 6.07) is 16.7. The Morgan fingerprint density at radius 3 is 2.24 bits per heavy atom. The molecule has 4 nitrogen and oxygen atoms in total. The van der Waals surface area contributed by atoms with E-state index in [9.17, 15) is 0 Å². The SMILES string of the molecule is COc1ccc(CNCCNCCCCc2ccccc2)cc1OC. The molecule has 0 fully saturated rings. The smallest absolute Gasteiger partial charge is 0.161 e. The Morgan fingerprint density at radius 1 is 0.720 bits per heavy atom. The van der Waals surface area contributed by atoms with Gasteiger partial charge in [-0.25, -0.2) is 0 Å². The molecule has 2 N–H and O–H groups in total. The van der Waals surface area contributed by atoms with Crippen LogP contribution >= 0.6 is 0 Å². The highest BCUT2D eigenvalue weighted by Gasteiger charge is 2.03. The van der Waals surface area contributed by atoms with Crippen LogP contribution in [0.2, 0.25) is 0 Å². The molecule has 2 rings (SSSR count). The third-order valence-corrected chi connectivity index (χ3v) is 4.17. The first-order chi connectivity index (χ1) is 12.3. The molecule has 0 saturated carbocycles. The molecular formula is C21H30N2O2. The van der Waals surface area contributed by atoms with Gasteiger partial charge in [-0.05, 0) is 49.1 Å². The van der Waals surface area contributed by atoms with Crippen molar-refractivity contribution in [1.29, 1.82) is 0 Å². The summed E-state index contributed by atoms with van der Waals surface area (Å²) in [7, 11) is 3.32. The molecular weight excluding hydrogens is 312 g/mol. The number of aryl methyl sites for hydroxylation is 1. The molecule has 0 atom stereocenters. The second-order valence-electron chi connectivity index (χ2n) is 6.06. The predicted octanol–water partition coefficient (Wildman–Crippen LogP) is 3.41. The van der Waals surface area contributed by atoms with E-state index in [0.29, 0.717) is 0 Å². The topological polar surface area (TPSA) is 42.5 Å². The van der Waals surface area contributed by atoms with Crippen LogP contribution in [0.15, 0.2) is 48.5 Å². The molecule has 4 heteroatoms. The van der Waals surface area contributed by atoms with Gasteiger partial charge < -0.3 is 20.1 Å². The van der Waals surface area contributed by atoms with E-state index in [1.54, 1.807) is 14.2 Å². The predicted molar refractivity (Wildman–Crippen MR) is 104 cm³/mol. The number of benzene rings is 2. The molecule has 0 aliphatic rings. The van der Waals surface area contributed by atoms with Gasteiger partial charge in [0.1, 0.15) is 0 Å². The largest absolute Gasteiger partial charge is 0.493 e. The van der Waals surface area contributed by atoms with Crippen LogP contribution in [-0.2, 0) is 13.0 Å². The number of nitrogens with one attached hydrogen (secondary N) is 2. The lowest BCUT2D eigenvalue weighted by molar-refractivity contribution is 0.354. The maximum absolute atomic E-state index is 5.33. The van der Waals surface area contributed by atoms with Crippen molar-refractivity contribution in [1.82, 2.24) is 10.6 Å². The molecule has 0 heterocycles. The molecule has 25 heavy (non-hydrogen) atoms. The molecule has 0 spiro atoms. The number of unbranched alkanes of at least 4 members (excludes halogenated alkanes) is 1. The number of hydrogen-bond donors (Lipinski definition) is 2. The van der Waals surface area contributed by atoms with Gasteiger partial charge in [0.05, 0.1) is 14.2 Å². The van der Waals surface area contributed by atoms with E-state index in [1.165, 1.54) is 30.4 Å². The summed E-state index contributed by atoms with van der Waals surface area (Å²) in [5.74, 6) is 1.54. The van der Waals surface area contributed by atoms with E-state index in [2.05, 4.69) is 47.0 Å². The Kier molecular flexibility index (Phi) is 8.87. The molecule has 0 unspecified atom stereocenters. The van der Waals surface area contributed by atoms with Crippen LogP contribution in [0.3, 0.4) is 0 Å². The van der Waals surface area contributed by atoms with Crippen LogP contribution in [0.4, 0.5) is 0 Å². The number of rotatable bonds is 12. The minimum absolute atomic E-state index is 0.767. The Labute approximate surface area is 151 Å². The van der Waals surface area contributed by atoms with Gasteiger partial charge in [0.2, 0.25) is 0 Å². The zero-order valence-corrected chi connectivity index (χ0v) is 15.4. The maximum Gasteiger partial charge on any atom is 0.161 e. The highest BCUT2D eigenvalue weighted by atomic mass is 16.5. The molecule has 0 aliphatic carbocycles. The lowest BCUT2D eigenvalue weighted by Gasteiger charge is -2.10. The lowest BCUT2D eigenvalue weighted by atomic mass is 10.1.